The molecule has 1 aromatic rings. The van der Waals surface area contributed by atoms with Gasteiger partial charge in [-0.1, -0.05) is 6.92 Å². The van der Waals surface area contributed by atoms with E-state index in [0.29, 0.717) is 6.54 Å². The van der Waals surface area contributed by atoms with Gasteiger partial charge in [0.15, 0.2) is 0 Å². The Bertz CT molecular complexity index is 305. The monoisotopic (exact) mass is 212 g/mol. The number of oxazole rings is 1. The molecule has 2 heterocycles. The number of hydrogen-bond acceptors (Lipinski definition) is 4. The minimum absolute atomic E-state index is 0.121. The van der Waals surface area contributed by atoms with Crippen molar-refractivity contribution < 1.29 is 4.42 Å². The molecule has 14 heavy (non-hydrogen) atoms. The van der Waals surface area contributed by atoms with Gasteiger partial charge in [0.2, 0.25) is 5.89 Å². The van der Waals surface area contributed by atoms with E-state index in [1.54, 1.807) is 6.20 Å². The lowest BCUT2D eigenvalue weighted by atomic mass is 9.87. The molecule has 0 amide bonds. The molecule has 1 saturated heterocycles. The van der Waals surface area contributed by atoms with Crippen LogP contribution in [0.4, 0.5) is 0 Å². The number of nitrogens with zero attached hydrogens (tertiary/aromatic N) is 1. The Balaban J connectivity index is 2.19. The lowest BCUT2D eigenvalue weighted by molar-refractivity contribution is 0.335. The molecule has 0 aromatic carbocycles. The van der Waals surface area contributed by atoms with Gasteiger partial charge >= 0.3 is 0 Å². The molecule has 2 rings (SSSR count). The quantitative estimate of drug-likeness (QED) is 0.813. The van der Waals surface area contributed by atoms with Crippen molar-refractivity contribution in [2.24, 2.45) is 5.73 Å². The largest absolute Gasteiger partial charge is 0.444 e. The van der Waals surface area contributed by atoms with Crippen LogP contribution in [-0.4, -0.2) is 16.5 Å². The summed E-state index contributed by atoms with van der Waals surface area (Å²) in [7, 11) is 0. The van der Waals surface area contributed by atoms with E-state index in [9.17, 15) is 0 Å². The summed E-state index contributed by atoms with van der Waals surface area (Å²) >= 11 is 1.98. The summed E-state index contributed by atoms with van der Waals surface area (Å²) in [4.78, 5) is 4.32. The smallest absolute Gasteiger partial charge is 0.201 e. The van der Waals surface area contributed by atoms with Crippen LogP contribution in [0.5, 0.6) is 0 Å². The number of thioether (sulfide) groups is 1. The molecule has 2 N–H and O–H groups in total. The zero-order chi connectivity index (χ0) is 10.0. The second kappa shape index (κ2) is 3.95. The SMILES string of the molecule is CC1(c2ncc(CN)o2)CCCSC1. The summed E-state index contributed by atoms with van der Waals surface area (Å²) in [5.41, 5.74) is 5.62. The molecule has 1 atom stereocenters. The molecule has 1 aliphatic rings. The molecule has 1 unspecified atom stereocenters. The van der Waals surface area contributed by atoms with Gasteiger partial charge in [-0.2, -0.15) is 11.8 Å². The second-order valence-corrected chi connectivity index (χ2v) is 5.16. The number of rotatable bonds is 2. The van der Waals surface area contributed by atoms with E-state index in [1.807, 2.05) is 11.8 Å². The Hall–Kier alpha value is -0.480. The van der Waals surface area contributed by atoms with Crippen molar-refractivity contribution in [1.29, 1.82) is 0 Å². The van der Waals surface area contributed by atoms with Gasteiger partial charge in [-0.15, -0.1) is 0 Å². The minimum Gasteiger partial charge on any atom is -0.444 e. The van der Waals surface area contributed by atoms with Crippen LogP contribution in [0, 0.1) is 0 Å². The van der Waals surface area contributed by atoms with E-state index in [0.717, 1.165) is 17.4 Å². The van der Waals surface area contributed by atoms with Crippen molar-refractivity contribution in [3.8, 4) is 0 Å². The van der Waals surface area contributed by atoms with Gasteiger partial charge in [-0.25, -0.2) is 4.98 Å². The summed E-state index contributed by atoms with van der Waals surface area (Å²) in [5.74, 6) is 4.03. The van der Waals surface area contributed by atoms with Gasteiger partial charge in [0.05, 0.1) is 18.2 Å². The normalized spacial score (nSPS) is 27.9. The van der Waals surface area contributed by atoms with Crippen LogP contribution in [-0.2, 0) is 12.0 Å². The third kappa shape index (κ3) is 1.81. The Morgan fingerprint density at radius 1 is 1.71 bits per heavy atom. The van der Waals surface area contributed by atoms with Crippen molar-refractivity contribution in [3.05, 3.63) is 17.8 Å². The first-order valence-corrected chi connectivity index (χ1v) is 6.13. The average molecular weight is 212 g/mol. The standard InChI is InChI=1S/C10H16N2OS/c1-10(3-2-4-14-7-10)9-12-6-8(5-11)13-9/h6H,2-5,7,11H2,1H3. The maximum Gasteiger partial charge on any atom is 0.201 e. The molecule has 1 fully saturated rings. The van der Waals surface area contributed by atoms with Gasteiger partial charge in [0.25, 0.3) is 0 Å². The molecule has 78 valence electrons. The van der Waals surface area contributed by atoms with Gasteiger partial charge < -0.3 is 10.2 Å². The second-order valence-electron chi connectivity index (χ2n) is 4.05. The fraction of sp³-hybridized carbons (Fsp3) is 0.700. The summed E-state index contributed by atoms with van der Waals surface area (Å²) in [6, 6.07) is 0. The molecular formula is C10H16N2OS. The maximum atomic E-state index is 5.63. The van der Waals surface area contributed by atoms with E-state index < -0.39 is 0 Å². The molecule has 0 bridgehead atoms. The van der Waals surface area contributed by atoms with Crippen LogP contribution in [0.2, 0.25) is 0 Å². The van der Waals surface area contributed by atoms with Crippen LogP contribution in [0.25, 0.3) is 0 Å². The topological polar surface area (TPSA) is 52.0 Å². The van der Waals surface area contributed by atoms with Crippen molar-refractivity contribution in [2.75, 3.05) is 11.5 Å². The first-order chi connectivity index (χ1) is 6.74. The maximum absolute atomic E-state index is 5.63. The lowest BCUT2D eigenvalue weighted by Crippen LogP contribution is -2.29. The highest BCUT2D eigenvalue weighted by molar-refractivity contribution is 7.99. The first-order valence-electron chi connectivity index (χ1n) is 4.97. The molecule has 3 nitrogen and oxygen atoms in total. The zero-order valence-corrected chi connectivity index (χ0v) is 9.27. The first kappa shape index (κ1) is 10.1. The number of aromatic nitrogens is 1. The molecule has 0 aliphatic carbocycles. The third-order valence-corrected chi connectivity index (χ3v) is 4.13. The van der Waals surface area contributed by atoms with Crippen LogP contribution in [0.1, 0.15) is 31.4 Å². The van der Waals surface area contributed by atoms with E-state index >= 15 is 0 Å². The predicted molar refractivity (Wildman–Crippen MR) is 58.3 cm³/mol. The van der Waals surface area contributed by atoms with Gasteiger partial charge in [0, 0.05) is 5.75 Å². The molecule has 4 heteroatoms. The van der Waals surface area contributed by atoms with Crippen molar-refractivity contribution in [2.45, 2.75) is 31.7 Å². The molecule has 0 saturated carbocycles. The third-order valence-electron chi connectivity index (χ3n) is 2.71. The highest BCUT2D eigenvalue weighted by atomic mass is 32.2. The van der Waals surface area contributed by atoms with Crippen molar-refractivity contribution >= 4 is 11.8 Å². The summed E-state index contributed by atoms with van der Waals surface area (Å²) in [6.07, 6.45) is 4.17. The summed E-state index contributed by atoms with van der Waals surface area (Å²) in [6.45, 7) is 2.67. The average Bonchev–Trinajstić information content (AvgIpc) is 2.67. The minimum atomic E-state index is 0.121. The molecular weight excluding hydrogens is 196 g/mol. The van der Waals surface area contributed by atoms with Gasteiger partial charge in [-0.05, 0) is 18.6 Å². The van der Waals surface area contributed by atoms with Crippen LogP contribution < -0.4 is 5.73 Å². The van der Waals surface area contributed by atoms with Crippen LogP contribution >= 0.6 is 11.8 Å². The number of nitrogens with two attached hydrogens (primary N) is 1. The highest BCUT2D eigenvalue weighted by Crippen LogP contribution is 2.36. The predicted octanol–water partition coefficient (Wildman–Crippen LogP) is 1.92. The Morgan fingerprint density at radius 2 is 2.57 bits per heavy atom. The molecule has 0 spiro atoms. The fourth-order valence-corrected chi connectivity index (χ4v) is 2.99. The zero-order valence-electron chi connectivity index (χ0n) is 8.45. The number of hydrogen-bond donors (Lipinski definition) is 1. The summed E-state index contributed by atoms with van der Waals surface area (Å²) in [5, 5.41) is 0. The Labute approximate surface area is 88.5 Å². The van der Waals surface area contributed by atoms with Crippen LogP contribution in [0.15, 0.2) is 10.6 Å². The van der Waals surface area contributed by atoms with Crippen molar-refractivity contribution in [1.82, 2.24) is 4.98 Å². The Kier molecular flexibility index (Phi) is 2.83. The van der Waals surface area contributed by atoms with Gasteiger partial charge in [0.1, 0.15) is 5.76 Å². The van der Waals surface area contributed by atoms with Crippen molar-refractivity contribution in [3.63, 3.8) is 0 Å². The fourth-order valence-electron chi connectivity index (χ4n) is 1.78. The van der Waals surface area contributed by atoms with E-state index in [2.05, 4.69) is 11.9 Å². The van der Waals surface area contributed by atoms with Crippen LogP contribution in [0.3, 0.4) is 0 Å². The van der Waals surface area contributed by atoms with E-state index in [1.165, 1.54) is 18.6 Å². The lowest BCUT2D eigenvalue weighted by Gasteiger charge is -2.29. The molecule has 1 aromatic heterocycles. The molecule has 0 radical (unpaired) electrons. The Morgan fingerprint density at radius 3 is 3.14 bits per heavy atom. The molecule has 1 aliphatic heterocycles. The van der Waals surface area contributed by atoms with E-state index in [-0.39, 0.29) is 5.41 Å². The highest BCUT2D eigenvalue weighted by Gasteiger charge is 2.33. The van der Waals surface area contributed by atoms with E-state index in [4.69, 9.17) is 10.2 Å². The van der Waals surface area contributed by atoms with Gasteiger partial charge in [-0.3, -0.25) is 0 Å². The summed E-state index contributed by atoms with van der Waals surface area (Å²) < 4.78 is 5.63.